The molecule has 6 heteroatoms. The number of aliphatic carboxylic acids is 1. The van der Waals surface area contributed by atoms with Crippen LogP contribution in [0.25, 0.3) is 0 Å². The van der Waals surface area contributed by atoms with E-state index in [0.29, 0.717) is 13.0 Å². The number of rotatable bonds is 6. The van der Waals surface area contributed by atoms with Crippen LogP contribution in [0.4, 0.5) is 0 Å². The Kier molecular flexibility index (Phi) is 6.70. The molecule has 116 valence electrons. The monoisotopic (exact) mass is 538 g/mol. The number of halogens is 3. The molecule has 0 bridgehead atoms. The highest BCUT2D eigenvalue weighted by atomic mass is 127. The fourth-order valence-corrected chi connectivity index (χ4v) is 4.05. The summed E-state index contributed by atoms with van der Waals surface area (Å²) in [6, 6.07) is 11.9. The van der Waals surface area contributed by atoms with Gasteiger partial charge in [-0.2, -0.15) is 0 Å². The van der Waals surface area contributed by atoms with Crippen molar-refractivity contribution in [3.63, 3.8) is 0 Å². The number of carboxylic acids is 1. The molecule has 0 aliphatic carbocycles. The maximum Gasteiger partial charge on any atom is 0.303 e. The van der Waals surface area contributed by atoms with Crippen LogP contribution >= 0.6 is 54.5 Å². The van der Waals surface area contributed by atoms with Crippen molar-refractivity contribution in [1.29, 1.82) is 0 Å². The first-order valence-corrected chi connectivity index (χ1v) is 9.19. The number of benzene rings is 2. The summed E-state index contributed by atoms with van der Waals surface area (Å²) >= 11 is 9.25. The van der Waals surface area contributed by atoms with Crippen LogP contribution in [0.15, 0.2) is 45.3 Å². The Labute approximate surface area is 159 Å². The predicted octanol–water partition coefficient (Wildman–Crippen LogP) is 5.41. The molecule has 22 heavy (non-hydrogen) atoms. The lowest BCUT2D eigenvalue weighted by Gasteiger charge is -2.12. The molecular weight excluding hydrogens is 527 g/mol. The van der Waals surface area contributed by atoms with Gasteiger partial charge in [-0.3, -0.25) is 4.79 Å². The molecule has 0 aliphatic rings. The maximum absolute atomic E-state index is 10.6. The van der Waals surface area contributed by atoms with Crippen LogP contribution < -0.4 is 4.74 Å². The Bertz CT molecular complexity index is 666. The Morgan fingerprint density at radius 3 is 2.41 bits per heavy atom. The Hall–Kier alpha value is -0.600. The smallest absolute Gasteiger partial charge is 0.303 e. The van der Waals surface area contributed by atoms with Gasteiger partial charge in [-0.15, -0.1) is 0 Å². The zero-order valence-electron chi connectivity index (χ0n) is 11.5. The fraction of sp³-hybridized carbons (Fsp3) is 0.188. The van der Waals surface area contributed by atoms with E-state index < -0.39 is 5.97 Å². The first kappa shape index (κ1) is 17.7. The van der Waals surface area contributed by atoms with Crippen molar-refractivity contribution >= 4 is 60.4 Å². The van der Waals surface area contributed by atoms with Crippen LogP contribution in [0, 0.1) is 3.57 Å². The van der Waals surface area contributed by atoms with Crippen molar-refractivity contribution in [2.75, 3.05) is 0 Å². The average molecular weight is 540 g/mol. The van der Waals surface area contributed by atoms with E-state index >= 15 is 0 Å². The number of carbonyl (C=O) groups is 1. The van der Waals surface area contributed by atoms with E-state index in [-0.39, 0.29) is 6.42 Å². The van der Waals surface area contributed by atoms with Gasteiger partial charge in [0.15, 0.2) is 0 Å². The number of aryl methyl sites for hydroxylation is 1. The molecule has 0 unspecified atom stereocenters. The zero-order valence-corrected chi connectivity index (χ0v) is 16.8. The molecule has 0 saturated heterocycles. The van der Waals surface area contributed by atoms with Crippen molar-refractivity contribution in [3.05, 3.63) is 60.0 Å². The largest absolute Gasteiger partial charge is 0.487 e. The van der Waals surface area contributed by atoms with Gasteiger partial charge in [0.25, 0.3) is 0 Å². The van der Waals surface area contributed by atoms with Gasteiger partial charge < -0.3 is 9.84 Å². The van der Waals surface area contributed by atoms with E-state index in [2.05, 4.69) is 60.5 Å². The lowest BCUT2D eigenvalue weighted by atomic mass is 10.1. The third kappa shape index (κ3) is 5.24. The summed E-state index contributed by atoms with van der Waals surface area (Å²) in [5, 5.41) is 8.75. The predicted molar refractivity (Wildman–Crippen MR) is 101 cm³/mol. The minimum absolute atomic E-state index is 0.113. The SMILES string of the molecule is O=C(O)CCc1cc(Br)c(OCc2cccc(I)c2)c(Br)c1. The molecule has 0 spiro atoms. The highest BCUT2D eigenvalue weighted by molar-refractivity contribution is 14.1. The van der Waals surface area contributed by atoms with Gasteiger partial charge in [0.1, 0.15) is 12.4 Å². The third-order valence-corrected chi connectivity index (χ3v) is 4.81. The second-order valence-electron chi connectivity index (χ2n) is 4.70. The van der Waals surface area contributed by atoms with Crippen molar-refractivity contribution in [3.8, 4) is 5.75 Å². The molecule has 3 nitrogen and oxygen atoms in total. The first-order chi connectivity index (χ1) is 10.5. The minimum Gasteiger partial charge on any atom is -0.487 e. The van der Waals surface area contributed by atoms with Gasteiger partial charge in [-0.1, -0.05) is 12.1 Å². The van der Waals surface area contributed by atoms with Crippen LogP contribution in [-0.4, -0.2) is 11.1 Å². The van der Waals surface area contributed by atoms with E-state index in [4.69, 9.17) is 9.84 Å². The zero-order chi connectivity index (χ0) is 16.1. The summed E-state index contributed by atoms with van der Waals surface area (Å²) in [4.78, 5) is 10.6. The molecule has 0 atom stereocenters. The second kappa shape index (κ2) is 8.31. The minimum atomic E-state index is -0.800. The lowest BCUT2D eigenvalue weighted by molar-refractivity contribution is -0.136. The van der Waals surface area contributed by atoms with Gasteiger partial charge >= 0.3 is 5.97 Å². The molecule has 0 aromatic heterocycles. The molecule has 0 fully saturated rings. The second-order valence-corrected chi connectivity index (χ2v) is 7.66. The van der Waals surface area contributed by atoms with Crippen molar-refractivity contribution < 1.29 is 14.6 Å². The fourth-order valence-electron chi connectivity index (χ4n) is 1.93. The molecule has 0 radical (unpaired) electrons. The highest BCUT2D eigenvalue weighted by Crippen LogP contribution is 2.35. The van der Waals surface area contributed by atoms with Crippen LogP contribution in [0.2, 0.25) is 0 Å². The summed E-state index contributed by atoms with van der Waals surface area (Å²) in [6.07, 6.45) is 0.602. The molecule has 2 aromatic carbocycles. The van der Waals surface area contributed by atoms with Crippen molar-refractivity contribution in [2.45, 2.75) is 19.4 Å². The molecule has 0 heterocycles. The normalized spacial score (nSPS) is 10.5. The lowest BCUT2D eigenvalue weighted by Crippen LogP contribution is -2.00. The Morgan fingerprint density at radius 1 is 1.14 bits per heavy atom. The van der Waals surface area contributed by atoms with Gasteiger partial charge in [-0.05, 0) is 96.3 Å². The van der Waals surface area contributed by atoms with Crippen molar-refractivity contribution in [1.82, 2.24) is 0 Å². The molecular formula is C16H13Br2IO3. The van der Waals surface area contributed by atoms with Gasteiger partial charge in [0.05, 0.1) is 8.95 Å². The summed E-state index contributed by atoms with van der Waals surface area (Å²) in [5.41, 5.74) is 2.04. The number of hydrogen-bond donors (Lipinski definition) is 1. The summed E-state index contributed by atoms with van der Waals surface area (Å²) < 4.78 is 8.67. The van der Waals surface area contributed by atoms with Crippen LogP contribution in [0.1, 0.15) is 17.5 Å². The summed E-state index contributed by atoms with van der Waals surface area (Å²) in [5.74, 6) is -0.0795. The van der Waals surface area contributed by atoms with Crippen LogP contribution in [0.3, 0.4) is 0 Å². The topological polar surface area (TPSA) is 46.5 Å². The van der Waals surface area contributed by atoms with Gasteiger partial charge in [0, 0.05) is 9.99 Å². The highest BCUT2D eigenvalue weighted by Gasteiger charge is 2.10. The van der Waals surface area contributed by atoms with E-state index in [1.165, 1.54) is 3.57 Å². The Balaban J connectivity index is 2.09. The molecule has 2 rings (SSSR count). The van der Waals surface area contributed by atoms with E-state index in [0.717, 1.165) is 25.8 Å². The number of ether oxygens (including phenoxy) is 1. The van der Waals surface area contributed by atoms with E-state index in [9.17, 15) is 4.79 Å². The molecule has 0 saturated carbocycles. The van der Waals surface area contributed by atoms with Gasteiger partial charge in [-0.25, -0.2) is 0 Å². The van der Waals surface area contributed by atoms with Crippen molar-refractivity contribution in [2.24, 2.45) is 0 Å². The van der Waals surface area contributed by atoms with Crippen LogP contribution in [0.5, 0.6) is 5.75 Å². The average Bonchev–Trinajstić information content (AvgIpc) is 2.44. The van der Waals surface area contributed by atoms with E-state index in [1.54, 1.807) is 0 Å². The first-order valence-electron chi connectivity index (χ1n) is 6.52. The summed E-state index contributed by atoms with van der Waals surface area (Å²) in [7, 11) is 0. The third-order valence-electron chi connectivity index (χ3n) is 2.96. The Morgan fingerprint density at radius 2 is 1.82 bits per heavy atom. The molecule has 0 amide bonds. The van der Waals surface area contributed by atoms with Crippen LogP contribution in [-0.2, 0) is 17.8 Å². The molecule has 2 aromatic rings. The summed E-state index contributed by atoms with van der Waals surface area (Å²) in [6.45, 7) is 0.475. The maximum atomic E-state index is 10.6. The number of carboxylic acid groups (broad SMARTS) is 1. The van der Waals surface area contributed by atoms with E-state index in [1.807, 2.05) is 30.3 Å². The molecule has 0 aliphatic heterocycles. The molecule has 1 N–H and O–H groups in total. The van der Waals surface area contributed by atoms with Gasteiger partial charge in [0.2, 0.25) is 0 Å². The quantitative estimate of drug-likeness (QED) is 0.499. The standard InChI is InChI=1S/C16H13Br2IO3/c17-13-7-10(4-5-15(20)21)8-14(18)16(13)22-9-11-2-1-3-12(19)6-11/h1-3,6-8H,4-5,9H2,(H,20,21). The number of hydrogen-bond acceptors (Lipinski definition) is 2.